The molecule has 4 nitrogen and oxygen atoms in total. The minimum absolute atomic E-state index is 0.0220. The molecule has 2 unspecified atom stereocenters. The molecular weight excluding hydrogens is 178 g/mol. The van der Waals surface area contributed by atoms with Crippen LogP contribution in [0.15, 0.2) is 21.8 Å². The third kappa shape index (κ3) is 1.89. The fourth-order valence-electron chi connectivity index (χ4n) is 1.39. The second-order valence-electron chi connectivity index (χ2n) is 2.93. The van der Waals surface area contributed by atoms with Gasteiger partial charge in [-0.3, -0.25) is 9.79 Å². The van der Waals surface area contributed by atoms with Crippen molar-refractivity contribution in [1.82, 2.24) is 5.32 Å². The van der Waals surface area contributed by atoms with E-state index >= 15 is 0 Å². The monoisotopic (exact) mass is 193 g/mol. The maximum atomic E-state index is 11.3. The summed E-state index contributed by atoms with van der Waals surface area (Å²) in [6, 6.07) is -0.0312. The van der Waals surface area contributed by atoms with Crippen LogP contribution in [0.5, 0.6) is 0 Å². The van der Waals surface area contributed by atoms with Crippen LogP contribution in [0.3, 0.4) is 0 Å². The normalized spacial score (nSPS) is 28.2. The number of fused-ring (bicyclic) bond motifs is 1. The van der Waals surface area contributed by atoms with Gasteiger partial charge in [-0.1, -0.05) is 13.8 Å². The van der Waals surface area contributed by atoms with Gasteiger partial charge in [0.2, 0.25) is 5.91 Å². The highest BCUT2D eigenvalue weighted by molar-refractivity contribution is 5.99. The van der Waals surface area contributed by atoms with Gasteiger partial charge in [0.25, 0.3) is 0 Å². The Bertz CT molecular complexity index is 304. The van der Waals surface area contributed by atoms with Gasteiger partial charge in [-0.15, -0.1) is 0 Å². The van der Waals surface area contributed by atoms with E-state index in [1.165, 1.54) is 6.34 Å². The van der Waals surface area contributed by atoms with Crippen LogP contribution in [-0.4, -0.2) is 24.5 Å². The first kappa shape index (κ1) is 10.6. The first-order valence-corrected chi connectivity index (χ1v) is 4.81. The number of carbonyl (C=O) groups is 1. The van der Waals surface area contributed by atoms with Crippen molar-refractivity contribution in [2.24, 2.45) is 15.9 Å². The summed E-state index contributed by atoms with van der Waals surface area (Å²) in [7, 11) is 0. The number of rotatable bonds is 0. The van der Waals surface area contributed by atoms with Gasteiger partial charge < -0.3 is 5.32 Å². The maximum Gasteiger partial charge on any atom is 0.234 e. The Morgan fingerprint density at radius 2 is 2.14 bits per heavy atom. The molecule has 2 heterocycles. The lowest BCUT2D eigenvalue weighted by atomic mass is 9.92. The quantitative estimate of drug-likeness (QED) is 0.616. The van der Waals surface area contributed by atoms with Crippen molar-refractivity contribution < 1.29 is 4.79 Å². The second kappa shape index (κ2) is 4.69. The molecule has 2 rings (SSSR count). The summed E-state index contributed by atoms with van der Waals surface area (Å²) in [6.07, 6.45) is 4.85. The SMILES string of the molecule is CC.CC1=CNC(=O)C2C=NC=NC12. The molecule has 0 saturated heterocycles. The molecule has 0 radical (unpaired) electrons. The zero-order chi connectivity index (χ0) is 10.6. The highest BCUT2D eigenvalue weighted by Gasteiger charge is 2.31. The molecule has 0 bridgehead atoms. The molecule has 2 aliphatic heterocycles. The van der Waals surface area contributed by atoms with Crippen LogP contribution in [0.25, 0.3) is 0 Å². The summed E-state index contributed by atoms with van der Waals surface area (Å²) in [5, 5.41) is 2.66. The van der Waals surface area contributed by atoms with Gasteiger partial charge in [-0.25, -0.2) is 4.99 Å². The molecular formula is C10H15N3O. The summed E-state index contributed by atoms with van der Waals surface area (Å²) in [5.41, 5.74) is 1.07. The Labute approximate surface area is 83.8 Å². The van der Waals surface area contributed by atoms with E-state index in [2.05, 4.69) is 15.3 Å². The molecule has 0 spiro atoms. The fourth-order valence-corrected chi connectivity index (χ4v) is 1.39. The summed E-state index contributed by atoms with van der Waals surface area (Å²) in [6.45, 7) is 5.95. The largest absolute Gasteiger partial charge is 0.332 e. The molecule has 0 fully saturated rings. The number of aliphatic imine (C=N–C) groups is 2. The van der Waals surface area contributed by atoms with E-state index in [1.807, 2.05) is 20.8 Å². The standard InChI is InChI=1S/C8H9N3O.C2H6/c1-5-2-10-8(12)6-3-9-4-11-7(5)6;1-2/h2-4,6-7H,1H3,(H,10,12);1-2H3. The van der Waals surface area contributed by atoms with E-state index in [0.717, 1.165) is 5.57 Å². The van der Waals surface area contributed by atoms with Gasteiger partial charge in [0, 0.05) is 12.4 Å². The van der Waals surface area contributed by atoms with Crippen LogP contribution in [0.2, 0.25) is 0 Å². The van der Waals surface area contributed by atoms with Crippen LogP contribution >= 0.6 is 0 Å². The average Bonchev–Trinajstić information content (AvgIpc) is 2.27. The lowest BCUT2D eigenvalue weighted by Crippen LogP contribution is -2.41. The lowest BCUT2D eigenvalue weighted by Gasteiger charge is -2.25. The van der Waals surface area contributed by atoms with E-state index in [1.54, 1.807) is 12.4 Å². The maximum absolute atomic E-state index is 11.3. The smallest absolute Gasteiger partial charge is 0.234 e. The van der Waals surface area contributed by atoms with Crippen LogP contribution in [-0.2, 0) is 4.79 Å². The highest BCUT2D eigenvalue weighted by Crippen LogP contribution is 2.20. The molecule has 1 N–H and O–H groups in total. The van der Waals surface area contributed by atoms with Gasteiger partial charge >= 0.3 is 0 Å². The van der Waals surface area contributed by atoms with E-state index < -0.39 is 0 Å². The molecule has 2 atom stereocenters. The number of amides is 1. The Morgan fingerprint density at radius 1 is 1.43 bits per heavy atom. The topological polar surface area (TPSA) is 53.8 Å². The van der Waals surface area contributed by atoms with Crippen molar-refractivity contribution in [2.45, 2.75) is 26.8 Å². The first-order chi connectivity index (χ1) is 6.79. The number of hydrogen-bond donors (Lipinski definition) is 1. The second-order valence-corrected chi connectivity index (χ2v) is 2.93. The first-order valence-electron chi connectivity index (χ1n) is 4.81. The van der Waals surface area contributed by atoms with Crippen LogP contribution in [0.4, 0.5) is 0 Å². The van der Waals surface area contributed by atoms with Crippen molar-refractivity contribution in [3.05, 3.63) is 11.8 Å². The van der Waals surface area contributed by atoms with Crippen molar-refractivity contribution >= 4 is 18.5 Å². The van der Waals surface area contributed by atoms with Crippen molar-refractivity contribution in [1.29, 1.82) is 0 Å². The van der Waals surface area contributed by atoms with E-state index in [0.29, 0.717) is 0 Å². The highest BCUT2D eigenvalue weighted by atomic mass is 16.1. The number of carbonyl (C=O) groups excluding carboxylic acids is 1. The van der Waals surface area contributed by atoms with E-state index in [9.17, 15) is 4.79 Å². The Hall–Kier alpha value is -1.45. The Balaban J connectivity index is 0.000000461. The molecule has 76 valence electrons. The summed E-state index contributed by atoms with van der Waals surface area (Å²) in [4.78, 5) is 19.2. The zero-order valence-corrected chi connectivity index (χ0v) is 8.69. The van der Waals surface area contributed by atoms with Crippen LogP contribution < -0.4 is 5.32 Å². The van der Waals surface area contributed by atoms with E-state index in [4.69, 9.17) is 0 Å². The zero-order valence-electron chi connectivity index (χ0n) is 8.69. The molecule has 0 aromatic carbocycles. The lowest BCUT2D eigenvalue weighted by molar-refractivity contribution is -0.122. The average molecular weight is 193 g/mol. The molecule has 0 aliphatic carbocycles. The van der Waals surface area contributed by atoms with Crippen LogP contribution in [0, 0.1) is 5.92 Å². The van der Waals surface area contributed by atoms with Gasteiger partial charge in [0.1, 0.15) is 6.34 Å². The Morgan fingerprint density at radius 3 is 2.79 bits per heavy atom. The third-order valence-electron chi connectivity index (χ3n) is 2.09. The molecule has 0 aromatic heterocycles. The predicted octanol–water partition coefficient (Wildman–Crippen LogP) is 1.14. The van der Waals surface area contributed by atoms with Gasteiger partial charge in [-0.2, -0.15) is 0 Å². The minimum Gasteiger partial charge on any atom is -0.332 e. The van der Waals surface area contributed by atoms with Gasteiger partial charge in [0.05, 0.1) is 12.0 Å². The number of hydrogen-bond acceptors (Lipinski definition) is 3. The molecule has 0 saturated carbocycles. The molecule has 0 aromatic rings. The molecule has 2 aliphatic rings. The van der Waals surface area contributed by atoms with Gasteiger partial charge in [-0.05, 0) is 12.5 Å². The molecule has 14 heavy (non-hydrogen) atoms. The predicted molar refractivity (Wildman–Crippen MR) is 57.5 cm³/mol. The van der Waals surface area contributed by atoms with Crippen molar-refractivity contribution in [3.8, 4) is 0 Å². The number of nitrogens with one attached hydrogen (secondary N) is 1. The van der Waals surface area contributed by atoms with Crippen molar-refractivity contribution in [2.75, 3.05) is 0 Å². The van der Waals surface area contributed by atoms with Crippen LogP contribution in [0.1, 0.15) is 20.8 Å². The Kier molecular flexibility index (Phi) is 3.56. The van der Waals surface area contributed by atoms with Gasteiger partial charge in [0.15, 0.2) is 0 Å². The summed E-state index contributed by atoms with van der Waals surface area (Å²) < 4.78 is 0. The molecule has 4 heteroatoms. The number of nitrogens with zero attached hydrogens (tertiary/aromatic N) is 2. The minimum atomic E-state index is -0.208. The fraction of sp³-hybridized carbons (Fsp3) is 0.500. The third-order valence-corrected chi connectivity index (χ3v) is 2.09. The molecule has 1 amide bonds. The van der Waals surface area contributed by atoms with Crippen molar-refractivity contribution in [3.63, 3.8) is 0 Å². The van der Waals surface area contributed by atoms with E-state index in [-0.39, 0.29) is 17.9 Å². The summed E-state index contributed by atoms with van der Waals surface area (Å²) >= 11 is 0. The summed E-state index contributed by atoms with van der Waals surface area (Å²) in [5.74, 6) is -0.230.